The number of methoxy groups -OCH3 is 1. The van der Waals surface area contributed by atoms with Gasteiger partial charge in [-0.3, -0.25) is 19.2 Å². The molecule has 3 aromatic rings. The van der Waals surface area contributed by atoms with Gasteiger partial charge >= 0.3 is 19.6 Å². The number of hydrogen-bond acceptors (Lipinski definition) is 9. The molecule has 0 saturated carbocycles. The fourth-order valence-electron chi connectivity index (χ4n) is 3.13. The lowest BCUT2D eigenvalue weighted by molar-refractivity contribution is -0.385. The Morgan fingerprint density at radius 1 is 1.15 bits per heavy atom. The van der Waals surface area contributed by atoms with Crippen LogP contribution in [0, 0.1) is 15.9 Å². The third-order valence-corrected chi connectivity index (χ3v) is 6.10. The van der Waals surface area contributed by atoms with Crippen LogP contribution in [0.15, 0.2) is 42.6 Å². The maximum atomic E-state index is 14.1. The number of carbonyl (C=O) groups excluding carboxylic acids is 1. The van der Waals surface area contributed by atoms with E-state index in [1.54, 1.807) is 19.9 Å². The molecule has 0 N–H and O–H groups in total. The first-order valence-corrected chi connectivity index (χ1v) is 11.6. The molecule has 0 aliphatic heterocycles. The minimum atomic E-state index is -4.06. The van der Waals surface area contributed by atoms with E-state index in [0.717, 1.165) is 10.6 Å². The van der Waals surface area contributed by atoms with E-state index in [4.69, 9.17) is 23.0 Å². The van der Waals surface area contributed by atoms with E-state index in [2.05, 4.69) is 0 Å². The van der Waals surface area contributed by atoms with Gasteiger partial charge in [-0.2, -0.15) is 0 Å². The first-order valence-electron chi connectivity index (χ1n) is 10.1. The zero-order chi connectivity index (χ0) is 24.9. The number of halogens is 1. The van der Waals surface area contributed by atoms with E-state index in [9.17, 15) is 23.9 Å². The minimum absolute atomic E-state index is 0.00186. The van der Waals surface area contributed by atoms with Gasteiger partial charge in [-0.25, -0.2) is 18.3 Å². The van der Waals surface area contributed by atoms with Gasteiger partial charge in [0.25, 0.3) is 0 Å². The molecule has 2 aromatic carbocycles. The average molecular weight is 496 g/mol. The van der Waals surface area contributed by atoms with Gasteiger partial charge in [0, 0.05) is 17.6 Å². The summed E-state index contributed by atoms with van der Waals surface area (Å²) >= 11 is 0. The Labute approximate surface area is 193 Å². The van der Waals surface area contributed by atoms with Crippen LogP contribution < -0.4 is 9.26 Å². The Morgan fingerprint density at radius 2 is 1.85 bits per heavy atom. The molecule has 0 atom stereocenters. The largest absolute Gasteiger partial charge is 0.530 e. The van der Waals surface area contributed by atoms with Crippen molar-refractivity contribution in [3.8, 4) is 11.5 Å². The normalized spacial score (nSPS) is 11.4. The van der Waals surface area contributed by atoms with Crippen molar-refractivity contribution in [1.29, 1.82) is 0 Å². The summed E-state index contributed by atoms with van der Waals surface area (Å²) in [6, 6.07) is 8.00. The maximum Gasteiger partial charge on any atom is 0.530 e. The van der Waals surface area contributed by atoms with Crippen LogP contribution in [-0.2, 0) is 25.0 Å². The number of aromatic nitrogens is 1. The number of nitro benzene ring substituents is 1. The van der Waals surface area contributed by atoms with E-state index >= 15 is 0 Å². The molecule has 0 radical (unpaired) electrons. The van der Waals surface area contributed by atoms with Crippen molar-refractivity contribution in [3.63, 3.8) is 0 Å². The number of carbonyl (C=O) groups is 1. The van der Waals surface area contributed by atoms with Gasteiger partial charge in [-0.05, 0) is 43.7 Å². The summed E-state index contributed by atoms with van der Waals surface area (Å²) in [6.45, 7) is 2.80. The van der Waals surface area contributed by atoms with Crippen LogP contribution in [0.2, 0.25) is 0 Å². The summed E-state index contributed by atoms with van der Waals surface area (Å²) in [5, 5.41) is 12.1. The second-order valence-corrected chi connectivity index (χ2v) is 8.29. The van der Waals surface area contributed by atoms with Crippen LogP contribution >= 0.6 is 7.82 Å². The van der Waals surface area contributed by atoms with Gasteiger partial charge in [0.05, 0.1) is 25.2 Å². The zero-order valence-electron chi connectivity index (χ0n) is 18.6. The van der Waals surface area contributed by atoms with Gasteiger partial charge in [-0.15, -0.1) is 0 Å². The number of phosphoric acid groups is 1. The second kappa shape index (κ2) is 10.6. The van der Waals surface area contributed by atoms with Crippen molar-refractivity contribution in [2.24, 2.45) is 0 Å². The smallest absolute Gasteiger partial charge is 0.492 e. The topological polar surface area (TPSA) is 128 Å². The van der Waals surface area contributed by atoms with Crippen LogP contribution in [0.5, 0.6) is 11.5 Å². The summed E-state index contributed by atoms with van der Waals surface area (Å²) in [6.07, 6.45) is 0.548. The SMILES string of the molecule is CCOP(=O)(OCC)Oc1ccc(COC(=O)n2ccc3ccc(F)c(OC)c32)cc1[N+](=O)[O-]. The molecular weight excluding hydrogens is 474 g/mol. The van der Waals surface area contributed by atoms with Crippen molar-refractivity contribution in [2.45, 2.75) is 20.5 Å². The molecule has 0 aliphatic carbocycles. The highest BCUT2D eigenvalue weighted by molar-refractivity contribution is 7.48. The highest BCUT2D eigenvalue weighted by atomic mass is 31.2. The van der Waals surface area contributed by atoms with Crippen molar-refractivity contribution in [1.82, 2.24) is 4.57 Å². The van der Waals surface area contributed by atoms with Crippen LogP contribution in [0.3, 0.4) is 0 Å². The van der Waals surface area contributed by atoms with Crippen molar-refractivity contribution in [3.05, 3.63) is 64.1 Å². The average Bonchev–Trinajstić information content (AvgIpc) is 3.22. The summed E-state index contributed by atoms with van der Waals surface area (Å²) in [4.78, 5) is 23.4. The fraction of sp³-hybridized carbons (Fsp3) is 0.286. The monoisotopic (exact) mass is 496 g/mol. The van der Waals surface area contributed by atoms with E-state index in [1.165, 1.54) is 37.6 Å². The first kappa shape index (κ1) is 25.2. The van der Waals surface area contributed by atoms with Gasteiger partial charge < -0.3 is 14.0 Å². The number of nitro groups is 1. The quantitative estimate of drug-likeness (QED) is 0.205. The van der Waals surface area contributed by atoms with Gasteiger partial charge in [0.2, 0.25) is 5.75 Å². The van der Waals surface area contributed by atoms with Crippen LogP contribution in [0.1, 0.15) is 19.4 Å². The lowest BCUT2D eigenvalue weighted by atomic mass is 10.2. The van der Waals surface area contributed by atoms with E-state index in [-0.39, 0.29) is 42.4 Å². The molecule has 0 saturated heterocycles. The number of hydrogen-bond donors (Lipinski definition) is 0. The maximum absolute atomic E-state index is 14.1. The highest BCUT2D eigenvalue weighted by Gasteiger charge is 2.31. The van der Waals surface area contributed by atoms with Gasteiger partial charge in [0.15, 0.2) is 11.6 Å². The third kappa shape index (κ3) is 5.36. The van der Waals surface area contributed by atoms with Crippen LogP contribution in [0.25, 0.3) is 10.9 Å². The number of fused-ring (bicyclic) bond motifs is 1. The molecule has 11 nitrogen and oxygen atoms in total. The molecule has 0 aliphatic rings. The number of phosphoric ester groups is 1. The second-order valence-electron chi connectivity index (χ2n) is 6.69. The third-order valence-electron chi connectivity index (χ3n) is 4.53. The van der Waals surface area contributed by atoms with E-state index < -0.39 is 30.3 Å². The first-order chi connectivity index (χ1) is 16.2. The molecule has 182 valence electrons. The Balaban J connectivity index is 1.82. The van der Waals surface area contributed by atoms with E-state index in [1.807, 2.05) is 0 Å². The number of ether oxygens (including phenoxy) is 2. The summed E-state index contributed by atoms with van der Waals surface area (Å²) in [7, 11) is -2.78. The summed E-state index contributed by atoms with van der Waals surface area (Å²) in [5.41, 5.74) is -0.0853. The van der Waals surface area contributed by atoms with Gasteiger partial charge in [-0.1, -0.05) is 6.07 Å². The molecule has 0 fully saturated rings. The molecule has 13 heteroatoms. The Bertz CT molecular complexity index is 1250. The number of rotatable bonds is 10. The molecule has 0 unspecified atom stereocenters. The molecule has 0 bridgehead atoms. The predicted molar refractivity (Wildman–Crippen MR) is 119 cm³/mol. The Kier molecular flexibility index (Phi) is 7.87. The van der Waals surface area contributed by atoms with Crippen LogP contribution in [0.4, 0.5) is 14.9 Å². The zero-order valence-corrected chi connectivity index (χ0v) is 19.5. The summed E-state index contributed by atoms with van der Waals surface area (Å²) < 4.78 is 53.2. The van der Waals surface area contributed by atoms with E-state index in [0.29, 0.717) is 5.39 Å². The molecule has 1 heterocycles. The van der Waals surface area contributed by atoms with Crippen molar-refractivity contribution < 1.29 is 41.7 Å². The molecule has 3 rings (SSSR count). The van der Waals surface area contributed by atoms with Crippen molar-refractivity contribution >= 4 is 30.5 Å². The molecule has 1 aromatic heterocycles. The lowest BCUT2D eigenvalue weighted by Crippen LogP contribution is -2.13. The summed E-state index contributed by atoms with van der Waals surface area (Å²) in [5.74, 6) is -1.10. The predicted octanol–water partition coefficient (Wildman–Crippen LogP) is 5.44. The van der Waals surface area contributed by atoms with Crippen LogP contribution in [-0.4, -0.2) is 35.9 Å². The van der Waals surface area contributed by atoms with Crippen molar-refractivity contribution in [2.75, 3.05) is 20.3 Å². The molecule has 34 heavy (non-hydrogen) atoms. The van der Waals surface area contributed by atoms with Gasteiger partial charge in [0.1, 0.15) is 12.1 Å². The minimum Gasteiger partial charge on any atom is -0.492 e. The lowest BCUT2D eigenvalue weighted by Gasteiger charge is -2.17. The number of nitrogens with zero attached hydrogens (tertiary/aromatic N) is 2. The Morgan fingerprint density at radius 3 is 2.47 bits per heavy atom. The molecule has 0 spiro atoms. The molecule has 0 amide bonds. The number of benzene rings is 2. The molecular formula is C21H22FN2O9P. The standard InChI is InChI=1S/C21H22FN2O9P/c1-4-31-34(28,32-5-2)33-18-9-6-14(12-17(18)24(26)27)13-30-21(25)23-11-10-15-7-8-16(22)20(29-3)19(15)23/h6-12H,4-5,13H2,1-3H3. The fourth-order valence-corrected chi connectivity index (χ4v) is 4.34. The Hall–Kier alpha value is -3.47. The highest BCUT2D eigenvalue weighted by Crippen LogP contribution is 2.51.